The Hall–Kier alpha value is -4.72. The van der Waals surface area contributed by atoms with Crippen LogP contribution in [0, 0.1) is 11.8 Å². The zero-order valence-electron chi connectivity index (χ0n) is 31.7. The summed E-state index contributed by atoms with van der Waals surface area (Å²) in [5.74, 6) is -7.15. The number of hydrogen-bond donors (Lipinski definition) is 9. The SMILES string of the molecule is CC(=O)NC1SCCNC(=O)[C@@H]2CCCN2C(=O)[C@@H](C(C)C)NC(=O)[C@H](CC(N)=O)NC(=O)[C@H](C(C)C)NC(=O)[C@H](Cc2ccc(OP(=O)(O)O)cc2)NC1=O. The van der Waals surface area contributed by atoms with E-state index in [1.54, 1.807) is 27.7 Å². The number of fused-ring (bicyclic) bond motifs is 1. The Kier molecular flexibility index (Phi) is 16.7. The van der Waals surface area contributed by atoms with E-state index < -0.39 is 109 Å². The predicted octanol–water partition coefficient (Wildman–Crippen LogP) is -1.86. The van der Waals surface area contributed by atoms with Gasteiger partial charge < -0.3 is 47.1 Å². The number of benzene rings is 1. The summed E-state index contributed by atoms with van der Waals surface area (Å²) in [6, 6.07) is -1.07. The van der Waals surface area contributed by atoms with Gasteiger partial charge in [0.1, 0.15) is 36.0 Å². The van der Waals surface area contributed by atoms with E-state index in [0.717, 1.165) is 11.8 Å². The Morgan fingerprint density at radius 3 is 2.05 bits per heavy atom. The second-order valence-corrected chi connectivity index (χ2v) is 16.5. The van der Waals surface area contributed by atoms with Crippen molar-refractivity contribution in [2.75, 3.05) is 18.8 Å². The number of phosphoric ester groups is 1. The molecule has 2 saturated heterocycles. The Bertz CT molecular complexity index is 1690. The van der Waals surface area contributed by atoms with Gasteiger partial charge in [-0.1, -0.05) is 39.8 Å². The second kappa shape index (κ2) is 20.4. The Balaban J connectivity index is 2.04. The van der Waals surface area contributed by atoms with Crippen molar-refractivity contribution in [3.8, 4) is 5.75 Å². The fourth-order valence-electron chi connectivity index (χ4n) is 6.06. The third-order valence-corrected chi connectivity index (χ3v) is 10.4. The summed E-state index contributed by atoms with van der Waals surface area (Å²) in [5.41, 5.74) is 5.83. The highest BCUT2D eigenvalue weighted by atomic mass is 32.2. The summed E-state index contributed by atoms with van der Waals surface area (Å²) in [4.78, 5) is 126. The first-order chi connectivity index (χ1) is 26.2. The van der Waals surface area contributed by atoms with E-state index in [1.165, 1.54) is 36.1 Å². The summed E-state index contributed by atoms with van der Waals surface area (Å²) in [6.07, 6.45) is -0.0217. The van der Waals surface area contributed by atoms with Crippen LogP contribution in [0.15, 0.2) is 24.3 Å². The van der Waals surface area contributed by atoms with Gasteiger partial charge in [0, 0.05) is 32.2 Å². The molecular formula is C34H51N8O12PS. The highest BCUT2D eigenvalue weighted by Crippen LogP contribution is 2.37. The summed E-state index contributed by atoms with van der Waals surface area (Å²) in [6.45, 7) is 8.01. The first-order valence-corrected chi connectivity index (χ1v) is 20.6. The van der Waals surface area contributed by atoms with Crippen LogP contribution in [0.3, 0.4) is 0 Å². The zero-order chi connectivity index (χ0) is 41.9. The normalized spacial score (nSPS) is 25.2. The number of nitrogens with zero attached hydrogens (tertiary/aromatic N) is 1. The molecule has 0 spiro atoms. The highest BCUT2D eigenvalue weighted by Gasteiger charge is 2.40. The van der Waals surface area contributed by atoms with E-state index in [2.05, 4.69) is 36.4 Å². The lowest BCUT2D eigenvalue weighted by atomic mass is 9.99. The van der Waals surface area contributed by atoms with Gasteiger partial charge in [0.2, 0.25) is 41.4 Å². The van der Waals surface area contributed by atoms with Gasteiger partial charge in [-0.2, -0.15) is 0 Å². The number of amides is 8. The maximum atomic E-state index is 14.0. The molecule has 2 aliphatic rings. The standard InChI is InChI=1S/C34H51N8O12PS/c1-17(2)26-31(48)38-23(16-25(35)44)29(46)41-27(18(3)4)34(50)42-13-6-7-24(42)30(47)36-12-14-56-33(37-19(5)43)32(49)39-22(28(45)40-26)15-20-8-10-21(11-9-20)54-55(51,52)53/h8-11,17-18,22-24,26-27,33H,6-7,12-16H2,1-5H3,(H2,35,44)(H,36,47)(H,37,43)(H,38,48)(H,39,49)(H,40,45)(H,41,46)(H2,51,52,53)/t22-,23-,24-,26-,27+,33?/m0/s1. The van der Waals surface area contributed by atoms with Crippen molar-refractivity contribution < 1.29 is 57.2 Å². The molecule has 0 aliphatic carbocycles. The Labute approximate surface area is 328 Å². The lowest BCUT2D eigenvalue weighted by Gasteiger charge is -2.32. The predicted molar refractivity (Wildman–Crippen MR) is 202 cm³/mol. The number of carbonyl (C=O) groups excluding carboxylic acids is 8. The summed E-state index contributed by atoms with van der Waals surface area (Å²) in [7, 11) is -4.87. The maximum Gasteiger partial charge on any atom is 0.524 e. The molecule has 2 fully saturated rings. The number of primary amides is 1. The van der Waals surface area contributed by atoms with Crippen molar-refractivity contribution in [2.45, 2.75) is 95.9 Å². The maximum absolute atomic E-state index is 14.0. The molecule has 0 bridgehead atoms. The fraction of sp³-hybridized carbons (Fsp3) is 0.588. The molecule has 1 aromatic carbocycles. The molecule has 310 valence electrons. The van der Waals surface area contributed by atoms with Crippen molar-refractivity contribution >= 4 is 66.8 Å². The van der Waals surface area contributed by atoms with Crippen LogP contribution in [0.25, 0.3) is 0 Å². The molecule has 8 amide bonds. The lowest BCUT2D eigenvalue weighted by Crippen LogP contribution is -2.61. The number of carbonyl (C=O) groups is 8. The molecular weight excluding hydrogens is 775 g/mol. The van der Waals surface area contributed by atoms with Crippen LogP contribution in [-0.2, 0) is 49.3 Å². The highest BCUT2D eigenvalue weighted by molar-refractivity contribution is 8.00. The second-order valence-electron chi connectivity index (χ2n) is 14.1. The quantitative estimate of drug-likeness (QED) is 0.124. The molecule has 3 rings (SSSR count). The van der Waals surface area contributed by atoms with Gasteiger partial charge in [-0.3, -0.25) is 48.1 Å². The van der Waals surface area contributed by atoms with E-state index in [0.29, 0.717) is 18.4 Å². The molecule has 0 saturated carbocycles. The van der Waals surface area contributed by atoms with Gasteiger partial charge in [-0.15, -0.1) is 11.8 Å². The monoisotopic (exact) mass is 826 g/mol. The zero-order valence-corrected chi connectivity index (χ0v) is 33.4. The van der Waals surface area contributed by atoms with Crippen molar-refractivity contribution in [3.05, 3.63) is 29.8 Å². The first kappa shape index (κ1) is 45.7. The molecule has 1 unspecified atom stereocenters. The number of hydrogen-bond acceptors (Lipinski definition) is 11. The molecule has 2 aliphatic heterocycles. The Morgan fingerprint density at radius 2 is 1.48 bits per heavy atom. The van der Waals surface area contributed by atoms with Gasteiger partial charge >= 0.3 is 7.82 Å². The van der Waals surface area contributed by atoms with Crippen LogP contribution in [0.2, 0.25) is 0 Å². The Morgan fingerprint density at radius 1 is 0.893 bits per heavy atom. The number of thioether (sulfide) groups is 1. The van der Waals surface area contributed by atoms with E-state index in [1.807, 2.05) is 0 Å². The van der Waals surface area contributed by atoms with Crippen molar-refractivity contribution in [1.29, 1.82) is 0 Å². The van der Waals surface area contributed by atoms with Crippen molar-refractivity contribution in [1.82, 2.24) is 36.8 Å². The molecule has 2 heterocycles. The average molecular weight is 827 g/mol. The fourth-order valence-corrected chi connectivity index (χ4v) is 7.38. The van der Waals surface area contributed by atoms with Gasteiger partial charge in [-0.25, -0.2) is 4.57 Å². The van der Waals surface area contributed by atoms with E-state index in [4.69, 9.17) is 15.5 Å². The summed E-state index contributed by atoms with van der Waals surface area (Å²) < 4.78 is 15.9. The summed E-state index contributed by atoms with van der Waals surface area (Å²) >= 11 is 0.959. The third-order valence-electron chi connectivity index (χ3n) is 8.83. The van der Waals surface area contributed by atoms with Crippen LogP contribution < -0.4 is 42.2 Å². The molecule has 0 radical (unpaired) electrons. The smallest absolute Gasteiger partial charge is 0.404 e. The molecule has 22 heteroatoms. The number of nitrogens with one attached hydrogen (secondary N) is 6. The first-order valence-electron chi connectivity index (χ1n) is 18.0. The molecule has 56 heavy (non-hydrogen) atoms. The van der Waals surface area contributed by atoms with Crippen LogP contribution in [0.1, 0.15) is 59.4 Å². The molecule has 20 nitrogen and oxygen atoms in total. The van der Waals surface area contributed by atoms with Crippen LogP contribution in [-0.4, -0.2) is 116 Å². The van der Waals surface area contributed by atoms with Crippen molar-refractivity contribution in [2.24, 2.45) is 17.6 Å². The van der Waals surface area contributed by atoms with Gasteiger partial charge in [-0.05, 0) is 42.4 Å². The number of nitrogens with two attached hydrogens (primary N) is 1. The third kappa shape index (κ3) is 13.8. The lowest BCUT2D eigenvalue weighted by molar-refractivity contribution is -0.143. The van der Waals surface area contributed by atoms with Crippen LogP contribution in [0.5, 0.6) is 5.75 Å². The van der Waals surface area contributed by atoms with E-state index in [9.17, 15) is 42.9 Å². The molecule has 6 atom stereocenters. The van der Waals surface area contributed by atoms with E-state index in [-0.39, 0.29) is 31.0 Å². The molecule has 1 aromatic rings. The van der Waals surface area contributed by atoms with Gasteiger partial charge in [0.05, 0.1) is 6.42 Å². The van der Waals surface area contributed by atoms with Crippen LogP contribution in [0.4, 0.5) is 0 Å². The van der Waals surface area contributed by atoms with Crippen molar-refractivity contribution in [3.63, 3.8) is 0 Å². The topological polar surface area (TPSA) is 305 Å². The average Bonchev–Trinajstić information content (AvgIpc) is 3.59. The van der Waals surface area contributed by atoms with Crippen LogP contribution >= 0.6 is 19.6 Å². The van der Waals surface area contributed by atoms with Gasteiger partial charge in [0.25, 0.3) is 5.91 Å². The molecule has 10 N–H and O–H groups in total. The number of phosphoric acid groups is 1. The minimum Gasteiger partial charge on any atom is -0.404 e. The number of rotatable bonds is 9. The minimum absolute atomic E-state index is 0.0291. The van der Waals surface area contributed by atoms with Gasteiger partial charge in [0.15, 0.2) is 5.37 Å². The van der Waals surface area contributed by atoms with E-state index >= 15 is 0 Å². The molecule has 0 aromatic heterocycles. The largest absolute Gasteiger partial charge is 0.524 e. The summed E-state index contributed by atoms with van der Waals surface area (Å²) in [5, 5.41) is 14.3. The minimum atomic E-state index is -4.87.